The number of hydrogen-bond acceptors (Lipinski definition) is 2. The van der Waals surface area contributed by atoms with E-state index in [1.807, 2.05) is 31.2 Å². The van der Waals surface area contributed by atoms with Gasteiger partial charge in [0.05, 0.1) is 11.6 Å². The highest BCUT2D eigenvalue weighted by molar-refractivity contribution is 6.30. The van der Waals surface area contributed by atoms with Crippen LogP contribution in [0.2, 0.25) is 5.15 Å². The Kier molecular flexibility index (Phi) is 2.63. The van der Waals surface area contributed by atoms with Crippen LogP contribution >= 0.6 is 11.6 Å². The molecule has 0 aliphatic carbocycles. The third-order valence-electron chi connectivity index (χ3n) is 2.40. The fourth-order valence-electron chi connectivity index (χ4n) is 1.58. The van der Waals surface area contributed by atoms with Crippen LogP contribution in [0.25, 0.3) is 10.9 Å². The fourth-order valence-corrected chi connectivity index (χ4v) is 1.89. The zero-order chi connectivity index (χ0) is 11.0. The molecule has 1 aromatic carbocycles. The van der Waals surface area contributed by atoms with Crippen LogP contribution in [-0.4, -0.2) is 10.1 Å². The van der Waals surface area contributed by atoms with Crippen molar-refractivity contribution in [3.63, 3.8) is 0 Å². The maximum Gasteiger partial charge on any atom is 0.135 e. The SMILES string of the molecule is Cc1ccc2nc(Cl)c(C(C)O)cc2c1. The van der Waals surface area contributed by atoms with E-state index in [4.69, 9.17) is 11.6 Å². The second-order valence-electron chi connectivity index (χ2n) is 3.74. The summed E-state index contributed by atoms with van der Waals surface area (Å²) in [7, 11) is 0. The van der Waals surface area contributed by atoms with Crippen LogP contribution in [0.15, 0.2) is 24.3 Å². The monoisotopic (exact) mass is 221 g/mol. The van der Waals surface area contributed by atoms with Crippen molar-refractivity contribution in [3.8, 4) is 0 Å². The molecule has 0 spiro atoms. The van der Waals surface area contributed by atoms with Gasteiger partial charge in [0.25, 0.3) is 0 Å². The second-order valence-corrected chi connectivity index (χ2v) is 4.10. The van der Waals surface area contributed by atoms with Gasteiger partial charge in [-0.3, -0.25) is 0 Å². The molecule has 1 aromatic heterocycles. The summed E-state index contributed by atoms with van der Waals surface area (Å²) in [6.07, 6.45) is -0.588. The zero-order valence-electron chi connectivity index (χ0n) is 8.66. The Morgan fingerprint density at radius 2 is 2.07 bits per heavy atom. The number of nitrogens with zero attached hydrogens (tertiary/aromatic N) is 1. The summed E-state index contributed by atoms with van der Waals surface area (Å²) >= 11 is 5.97. The lowest BCUT2D eigenvalue weighted by atomic mass is 10.1. The van der Waals surface area contributed by atoms with E-state index in [0.717, 1.165) is 10.9 Å². The molecule has 1 N–H and O–H groups in total. The molecule has 0 bridgehead atoms. The van der Waals surface area contributed by atoms with E-state index < -0.39 is 6.10 Å². The lowest BCUT2D eigenvalue weighted by molar-refractivity contribution is 0.199. The molecule has 0 aliphatic rings. The maximum absolute atomic E-state index is 9.51. The van der Waals surface area contributed by atoms with Gasteiger partial charge in [0, 0.05) is 10.9 Å². The first-order valence-corrected chi connectivity index (χ1v) is 5.20. The number of aryl methyl sites for hydroxylation is 1. The molecule has 2 nitrogen and oxygen atoms in total. The van der Waals surface area contributed by atoms with Gasteiger partial charge in [-0.1, -0.05) is 23.2 Å². The topological polar surface area (TPSA) is 33.1 Å². The van der Waals surface area contributed by atoms with Crippen molar-refractivity contribution in [1.29, 1.82) is 0 Å². The number of aromatic nitrogens is 1. The summed E-state index contributed by atoms with van der Waals surface area (Å²) < 4.78 is 0. The summed E-state index contributed by atoms with van der Waals surface area (Å²) in [6.45, 7) is 3.71. The van der Waals surface area contributed by atoms with Gasteiger partial charge in [0.2, 0.25) is 0 Å². The highest BCUT2D eigenvalue weighted by Crippen LogP contribution is 2.25. The van der Waals surface area contributed by atoms with Gasteiger partial charge in [-0.15, -0.1) is 0 Å². The Balaban J connectivity index is 2.72. The van der Waals surface area contributed by atoms with E-state index in [1.54, 1.807) is 6.92 Å². The first-order chi connectivity index (χ1) is 7.08. The van der Waals surface area contributed by atoms with Gasteiger partial charge in [0.15, 0.2) is 0 Å². The van der Waals surface area contributed by atoms with Gasteiger partial charge in [-0.05, 0) is 32.0 Å². The molecule has 2 aromatic rings. The summed E-state index contributed by atoms with van der Waals surface area (Å²) in [6, 6.07) is 7.85. The second kappa shape index (κ2) is 3.80. The Morgan fingerprint density at radius 1 is 1.33 bits per heavy atom. The molecule has 1 unspecified atom stereocenters. The van der Waals surface area contributed by atoms with Crippen LogP contribution in [0.3, 0.4) is 0 Å². The number of fused-ring (bicyclic) bond motifs is 1. The number of benzene rings is 1. The Morgan fingerprint density at radius 3 is 2.73 bits per heavy atom. The molecule has 0 radical (unpaired) electrons. The molecule has 2 rings (SSSR count). The minimum Gasteiger partial charge on any atom is -0.389 e. The normalized spacial score (nSPS) is 13.1. The van der Waals surface area contributed by atoms with Crippen molar-refractivity contribution in [2.45, 2.75) is 20.0 Å². The standard InChI is InChI=1S/C12H12ClNO/c1-7-3-4-11-9(5-7)6-10(8(2)15)12(13)14-11/h3-6,8,15H,1-2H3. The molecule has 0 fully saturated rings. The average molecular weight is 222 g/mol. The van der Waals surface area contributed by atoms with Crippen molar-refractivity contribution in [3.05, 3.63) is 40.5 Å². The van der Waals surface area contributed by atoms with Crippen molar-refractivity contribution in [1.82, 2.24) is 4.98 Å². The number of aliphatic hydroxyl groups excluding tert-OH is 1. The number of hydrogen-bond donors (Lipinski definition) is 1. The first-order valence-electron chi connectivity index (χ1n) is 4.83. The molecule has 0 amide bonds. The molecule has 0 aliphatic heterocycles. The van der Waals surface area contributed by atoms with Gasteiger partial charge >= 0.3 is 0 Å². The van der Waals surface area contributed by atoms with Crippen molar-refractivity contribution >= 4 is 22.5 Å². The Labute approximate surface area is 93.5 Å². The van der Waals surface area contributed by atoms with Gasteiger partial charge in [0.1, 0.15) is 5.15 Å². The minimum absolute atomic E-state index is 0.376. The number of pyridine rings is 1. The van der Waals surface area contributed by atoms with Crippen LogP contribution < -0.4 is 0 Å². The fraction of sp³-hybridized carbons (Fsp3) is 0.250. The van der Waals surface area contributed by atoms with E-state index in [9.17, 15) is 5.11 Å². The molecule has 3 heteroatoms. The zero-order valence-corrected chi connectivity index (χ0v) is 9.42. The van der Waals surface area contributed by atoms with E-state index in [0.29, 0.717) is 10.7 Å². The summed E-state index contributed by atoms with van der Waals surface area (Å²) in [5.41, 5.74) is 2.70. The minimum atomic E-state index is -0.588. The van der Waals surface area contributed by atoms with Crippen LogP contribution in [0.4, 0.5) is 0 Å². The van der Waals surface area contributed by atoms with Crippen molar-refractivity contribution < 1.29 is 5.11 Å². The largest absolute Gasteiger partial charge is 0.389 e. The van der Waals surface area contributed by atoms with Gasteiger partial charge in [-0.2, -0.15) is 0 Å². The molecule has 1 heterocycles. The summed E-state index contributed by atoms with van der Waals surface area (Å²) in [4.78, 5) is 4.24. The van der Waals surface area contributed by atoms with Gasteiger partial charge < -0.3 is 5.11 Å². The molecule has 1 atom stereocenters. The molecule has 0 saturated heterocycles. The average Bonchev–Trinajstić information content (AvgIpc) is 2.17. The predicted molar refractivity (Wildman–Crippen MR) is 62.1 cm³/mol. The van der Waals surface area contributed by atoms with Gasteiger partial charge in [-0.25, -0.2) is 4.98 Å². The maximum atomic E-state index is 9.51. The van der Waals surface area contributed by atoms with E-state index in [2.05, 4.69) is 4.98 Å². The van der Waals surface area contributed by atoms with E-state index in [-0.39, 0.29) is 0 Å². The van der Waals surface area contributed by atoms with Crippen molar-refractivity contribution in [2.24, 2.45) is 0 Å². The van der Waals surface area contributed by atoms with Crippen LogP contribution in [0.5, 0.6) is 0 Å². The Bertz CT molecular complexity index is 508. The summed E-state index contributed by atoms with van der Waals surface area (Å²) in [5, 5.41) is 10.9. The highest BCUT2D eigenvalue weighted by atomic mass is 35.5. The molecular weight excluding hydrogens is 210 g/mol. The van der Waals surface area contributed by atoms with Crippen LogP contribution in [0, 0.1) is 6.92 Å². The van der Waals surface area contributed by atoms with Crippen LogP contribution in [0.1, 0.15) is 24.2 Å². The lowest BCUT2D eigenvalue weighted by Gasteiger charge is -2.08. The third-order valence-corrected chi connectivity index (χ3v) is 2.70. The van der Waals surface area contributed by atoms with Crippen LogP contribution in [-0.2, 0) is 0 Å². The predicted octanol–water partition coefficient (Wildman–Crippen LogP) is 3.25. The van der Waals surface area contributed by atoms with E-state index >= 15 is 0 Å². The summed E-state index contributed by atoms with van der Waals surface area (Å²) in [5.74, 6) is 0. The molecular formula is C12H12ClNO. The molecule has 0 saturated carbocycles. The molecule has 78 valence electrons. The number of rotatable bonds is 1. The Hall–Kier alpha value is -1.12. The van der Waals surface area contributed by atoms with E-state index in [1.165, 1.54) is 5.56 Å². The quantitative estimate of drug-likeness (QED) is 0.750. The number of halogens is 1. The number of aliphatic hydroxyl groups is 1. The first kappa shape index (κ1) is 10.4. The smallest absolute Gasteiger partial charge is 0.135 e. The third kappa shape index (κ3) is 1.96. The van der Waals surface area contributed by atoms with Crippen molar-refractivity contribution in [2.75, 3.05) is 0 Å². The molecule has 15 heavy (non-hydrogen) atoms. The highest BCUT2D eigenvalue weighted by Gasteiger charge is 2.09. The lowest BCUT2D eigenvalue weighted by Crippen LogP contribution is -1.95.